The fourth-order valence-electron chi connectivity index (χ4n) is 1.91. The number of carbonyl (C=O) groups is 2. The van der Waals surface area contributed by atoms with Gasteiger partial charge in [0, 0.05) is 16.3 Å². The molecule has 0 fully saturated rings. The summed E-state index contributed by atoms with van der Waals surface area (Å²) in [7, 11) is 0. The second kappa shape index (κ2) is 7.29. The number of nitrogens with one attached hydrogen (secondary N) is 2. The Balaban J connectivity index is 2.02. The summed E-state index contributed by atoms with van der Waals surface area (Å²) >= 11 is 11.9. The van der Waals surface area contributed by atoms with Crippen LogP contribution >= 0.6 is 23.2 Å². The van der Waals surface area contributed by atoms with E-state index in [0.29, 0.717) is 27.0 Å². The highest BCUT2D eigenvalue weighted by atomic mass is 35.5. The van der Waals surface area contributed by atoms with Gasteiger partial charge >= 0.3 is 0 Å². The molecule has 4 nitrogen and oxygen atoms in total. The van der Waals surface area contributed by atoms with E-state index in [1.807, 2.05) is 0 Å². The minimum Gasteiger partial charge on any atom is -0.376 e. The Morgan fingerprint density at radius 1 is 1.05 bits per heavy atom. The molecule has 0 saturated heterocycles. The van der Waals surface area contributed by atoms with Crippen molar-refractivity contribution in [1.29, 1.82) is 0 Å². The first-order valence-electron chi connectivity index (χ1n) is 6.56. The number of rotatable bonds is 5. The van der Waals surface area contributed by atoms with Gasteiger partial charge in [0.05, 0.1) is 17.3 Å². The van der Waals surface area contributed by atoms with E-state index in [-0.39, 0.29) is 18.2 Å². The maximum absolute atomic E-state index is 12.0. The van der Waals surface area contributed by atoms with Gasteiger partial charge in [-0.3, -0.25) is 9.59 Å². The van der Waals surface area contributed by atoms with Gasteiger partial charge in [0.1, 0.15) is 0 Å². The normalized spacial score (nSPS) is 10.1. The molecule has 114 valence electrons. The van der Waals surface area contributed by atoms with Gasteiger partial charge in [0.2, 0.25) is 5.91 Å². The number of Topliss-reactive ketones (excluding diaryl/α,β-unsaturated/α-hetero) is 1. The molecule has 0 bridgehead atoms. The lowest BCUT2D eigenvalue weighted by Crippen LogP contribution is -2.22. The van der Waals surface area contributed by atoms with Crippen LogP contribution in [0.5, 0.6) is 0 Å². The summed E-state index contributed by atoms with van der Waals surface area (Å²) < 4.78 is 0. The zero-order chi connectivity index (χ0) is 16.1. The maximum atomic E-state index is 12.0. The number of hydrogen-bond acceptors (Lipinski definition) is 3. The van der Waals surface area contributed by atoms with E-state index in [2.05, 4.69) is 10.6 Å². The van der Waals surface area contributed by atoms with Gasteiger partial charge in [-0.15, -0.1) is 0 Å². The highest BCUT2D eigenvalue weighted by molar-refractivity contribution is 6.35. The molecule has 0 saturated carbocycles. The van der Waals surface area contributed by atoms with E-state index >= 15 is 0 Å². The molecule has 0 aliphatic rings. The number of halogens is 2. The molecule has 6 heteroatoms. The topological polar surface area (TPSA) is 58.2 Å². The van der Waals surface area contributed by atoms with E-state index in [1.165, 1.54) is 6.92 Å². The minimum atomic E-state index is -0.289. The van der Waals surface area contributed by atoms with Crippen LogP contribution in [-0.4, -0.2) is 18.2 Å². The Morgan fingerprint density at radius 3 is 2.50 bits per heavy atom. The summed E-state index contributed by atoms with van der Waals surface area (Å²) in [6.07, 6.45) is 0. The predicted octanol–water partition coefficient (Wildman–Crippen LogP) is 4.25. The van der Waals surface area contributed by atoms with Crippen LogP contribution in [0.3, 0.4) is 0 Å². The van der Waals surface area contributed by atoms with Gasteiger partial charge in [-0.1, -0.05) is 35.3 Å². The molecule has 0 spiro atoms. The monoisotopic (exact) mass is 336 g/mol. The first-order chi connectivity index (χ1) is 10.5. The number of para-hydroxylation sites is 1. The fraction of sp³-hybridized carbons (Fsp3) is 0.125. The molecule has 1 amide bonds. The van der Waals surface area contributed by atoms with Gasteiger partial charge < -0.3 is 10.6 Å². The van der Waals surface area contributed by atoms with Crippen LogP contribution in [-0.2, 0) is 4.79 Å². The van der Waals surface area contributed by atoms with E-state index in [1.54, 1.807) is 42.5 Å². The summed E-state index contributed by atoms with van der Waals surface area (Å²) in [6, 6.07) is 11.8. The van der Waals surface area contributed by atoms with Crippen molar-refractivity contribution in [1.82, 2.24) is 0 Å². The van der Waals surface area contributed by atoms with Crippen molar-refractivity contribution >= 4 is 46.3 Å². The third-order valence-electron chi connectivity index (χ3n) is 2.95. The Morgan fingerprint density at radius 2 is 1.77 bits per heavy atom. The number of amides is 1. The second-order valence-electron chi connectivity index (χ2n) is 4.63. The van der Waals surface area contributed by atoms with Crippen molar-refractivity contribution in [2.45, 2.75) is 6.92 Å². The zero-order valence-electron chi connectivity index (χ0n) is 11.8. The van der Waals surface area contributed by atoms with E-state index in [4.69, 9.17) is 23.2 Å². The molecule has 0 unspecified atom stereocenters. The molecule has 2 N–H and O–H groups in total. The van der Waals surface area contributed by atoms with Crippen LogP contribution in [0.4, 0.5) is 11.4 Å². The van der Waals surface area contributed by atoms with Gasteiger partial charge in [-0.05, 0) is 37.3 Å². The lowest BCUT2D eigenvalue weighted by molar-refractivity contribution is -0.114. The summed E-state index contributed by atoms with van der Waals surface area (Å²) in [5, 5.41) is 6.49. The van der Waals surface area contributed by atoms with Gasteiger partial charge in [0.15, 0.2) is 5.78 Å². The molecule has 0 atom stereocenters. The Bertz CT molecular complexity index is 717. The molecule has 2 rings (SSSR count). The maximum Gasteiger partial charge on any atom is 0.243 e. The van der Waals surface area contributed by atoms with Crippen LogP contribution in [0.1, 0.15) is 17.3 Å². The zero-order valence-corrected chi connectivity index (χ0v) is 13.3. The van der Waals surface area contributed by atoms with Crippen LogP contribution in [0.2, 0.25) is 10.0 Å². The first kappa shape index (κ1) is 16.3. The third-order valence-corrected chi connectivity index (χ3v) is 3.51. The average molecular weight is 337 g/mol. The molecule has 22 heavy (non-hydrogen) atoms. The molecular weight excluding hydrogens is 323 g/mol. The molecule has 0 radical (unpaired) electrons. The van der Waals surface area contributed by atoms with E-state index < -0.39 is 0 Å². The van der Waals surface area contributed by atoms with Crippen LogP contribution in [0.15, 0.2) is 42.5 Å². The van der Waals surface area contributed by atoms with Crippen LogP contribution < -0.4 is 10.6 Å². The molecule has 2 aromatic rings. The largest absolute Gasteiger partial charge is 0.376 e. The molecule has 2 aromatic carbocycles. The summed E-state index contributed by atoms with van der Waals surface area (Å²) in [5.41, 5.74) is 1.60. The van der Waals surface area contributed by atoms with Crippen LogP contribution in [0.25, 0.3) is 0 Å². The molecular formula is C16H14Cl2N2O2. The van der Waals surface area contributed by atoms with Crippen molar-refractivity contribution in [2.24, 2.45) is 0 Å². The summed E-state index contributed by atoms with van der Waals surface area (Å²) in [6.45, 7) is 1.49. The van der Waals surface area contributed by atoms with Crippen LogP contribution in [0, 0.1) is 0 Å². The number of ketones is 1. The number of benzene rings is 2. The SMILES string of the molecule is CC(=O)c1ccccc1NCC(=O)Nc1cc(Cl)ccc1Cl. The number of hydrogen-bond donors (Lipinski definition) is 2. The van der Waals surface area contributed by atoms with Crippen molar-refractivity contribution in [3.8, 4) is 0 Å². The molecule has 0 aromatic heterocycles. The van der Waals surface area contributed by atoms with Gasteiger partial charge in [0.25, 0.3) is 0 Å². The average Bonchev–Trinajstić information content (AvgIpc) is 2.49. The Kier molecular flexibility index (Phi) is 5.41. The highest BCUT2D eigenvalue weighted by Crippen LogP contribution is 2.25. The molecule has 0 aliphatic carbocycles. The Labute approximate surface area is 138 Å². The second-order valence-corrected chi connectivity index (χ2v) is 5.47. The molecule has 0 aliphatic heterocycles. The first-order valence-corrected chi connectivity index (χ1v) is 7.31. The van der Waals surface area contributed by atoms with Gasteiger partial charge in [-0.2, -0.15) is 0 Å². The van der Waals surface area contributed by atoms with Crippen molar-refractivity contribution in [3.05, 3.63) is 58.1 Å². The third kappa shape index (κ3) is 4.23. The summed E-state index contributed by atoms with van der Waals surface area (Å²) in [5.74, 6) is -0.357. The quantitative estimate of drug-likeness (QED) is 0.802. The molecule has 0 heterocycles. The lowest BCUT2D eigenvalue weighted by atomic mass is 10.1. The standard InChI is InChI=1S/C16H14Cl2N2O2/c1-10(21)12-4-2-3-5-14(12)19-9-16(22)20-15-8-11(17)6-7-13(15)18/h2-8,19H,9H2,1H3,(H,20,22). The number of carbonyl (C=O) groups excluding carboxylic acids is 2. The van der Waals surface area contributed by atoms with Gasteiger partial charge in [-0.25, -0.2) is 0 Å². The Hall–Kier alpha value is -2.04. The summed E-state index contributed by atoms with van der Waals surface area (Å²) in [4.78, 5) is 23.5. The minimum absolute atomic E-state index is 0.00708. The fourth-order valence-corrected chi connectivity index (χ4v) is 2.24. The lowest BCUT2D eigenvalue weighted by Gasteiger charge is -2.11. The van der Waals surface area contributed by atoms with Crippen molar-refractivity contribution in [2.75, 3.05) is 17.2 Å². The number of anilines is 2. The van der Waals surface area contributed by atoms with E-state index in [9.17, 15) is 9.59 Å². The highest BCUT2D eigenvalue weighted by Gasteiger charge is 2.09. The van der Waals surface area contributed by atoms with Crippen molar-refractivity contribution in [3.63, 3.8) is 0 Å². The van der Waals surface area contributed by atoms with E-state index in [0.717, 1.165) is 0 Å². The smallest absolute Gasteiger partial charge is 0.243 e. The van der Waals surface area contributed by atoms with Crippen molar-refractivity contribution < 1.29 is 9.59 Å². The predicted molar refractivity (Wildman–Crippen MR) is 90.0 cm³/mol.